The maximum Gasteiger partial charge on any atom is 0.298 e. The van der Waals surface area contributed by atoms with Crippen molar-refractivity contribution >= 4 is 34.2 Å². The van der Waals surface area contributed by atoms with Gasteiger partial charge in [-0.1, -0.05) is 12.1 Å². The number of imide groups is 1. The summed E-state index contributed by atoms with van der Waals surface area (Å²) < 4.78 is 18.2. The van der Waals surface area contributed by atoms with Crippen molar-refractivity contribution in [2.45, 2.75) is 6.92 Å². The Morgan fingerprint density at radius 1 is 1.12 bits per heavy atom. The zero-order valence-electron chi connectivity index (χ0n) is 13.1. The monoisotopic (exact) mass is 343 g/mol. The second-order valence-electron chi connectivity index (χ2n) is 5.17. The number of halogens is 1. The molecule has 1 saturated heterocycles. The molecule has 3 rings (SSSR count). The highest BCUT2D eigenvalue weighted by Crippen LogP contribution is 2.39. The molecule has 0 aliphatic carbocycles. The standard InChI is InChI=1S/C18H14FNO3S/c1-11(12-4-3-5-15(10-12)23-2)16-17(21)20(18(22)24-16)14-8-6-13(19)7-9-14/h3-10H,1-2H3/b16-11-. The van der Waals surface area contributed by atoms with E-state index < -0.39 is 17.0 Å². The van der Waals surface area contributed by atoms with Crippen molar-refractivity contribution in [2.75, 3.05) is 12.0 Å². The largest absolute Gasteiger partial charge is 0.497 e. The Balaban J connectivity index is 1.99. The van der Waals surface area contributed by atoms with Crippen LogP contribution < -0.4 is 9.64 Å². The molecule has 2 amide bonds. The highest BCUT2D eigenvalue weighted by atomic mass is 32.2. The zero-order chi connectivity index (χ0) is 17.3. The minimum atomic E-state index is -0.422. The number of thioether (sulfide) groups is 1. The second-order valence-corrected chi connectivity index (χ2v) is 6.13. The van der Waals surface area contributed by atoms with Gasteiger partial charge >= 0.3 is 0 Å². The summed E-state index contributed by atoms with van der Waals surface area (Å²) in [4.78, 5) is 26.3. The Bertz CT molecular complexity index is 846. The van der Waals surface area contributed by atoms with E-state index in [1.807, 2.05) is 12.1 Å². The van der Waals surface area contributed by atoms with Crippen LogP contribution >= 0.6 is 11.8 Å². The first-order valence-electron chi connectivity index (χ1n) is 7.18. The van der Waals surface area contributed by atoms with Crippen molar-refractivity contribution in [1.29, 1.82) is 0 Å². The van der Waals surface area contributed by atoms with Crippen LogP contribution in [0.3, 0.4) is 0 Å². The highest BCUT2D eigenvalue weighted by Gasteiger charge is 2.37. The number of benzene rings is 2. The summed E-state index contributed by atoms with van der Waals surface area (Å²) in [5.74, 6) is -0.157. The molecule has 0 radical (unpaired) electrons. The third-order valence-electron chi connectivity index (χ3n) is 3.70. The number of rotatable bonds is 3. The van der Waals surface area contributed by atoms with Crippen LogP contribution in [0.25, 0.3) is 5.57 Å². The first-order chi connectivity index (χ1) is 11.5. The molecule has 0 atom stereocenters. The van der Waals surface area contributed by atoms with E-state index in [9.17, 15) is 14.0 Å². The van der Waals surface area contributed by atoms with Crippen molar-refractivity contribution < 1.29 is 18.7 Å². The second kappa shape index (κ2) is 6.49. The summed E-state index contributed by atoms with van der Waals surface area (Å²) in [7, 11) is 1.57. The van der Waals surface area contributed by atoms with Gasteiger partial charge in [-0.25, -0.2) is 9.29 Å². The third kappa shape index (κ3) is 2.92. The van der Waals surface area contributed by atoms with Gasteiger partial charge in [-0.05, 0) is 66.2 Å². The van der Waals surface area contributed by atoms with Gasteiger partial charge in [0.05, 0.1) is 17.7 Å². The molecule has 1 aliphatic heterocycles. The van der Waals surface area contributed by atoms with Gasteiger partial charge in [0, 0.05) is 0 Å². The number of anilines is 1. The van der Waals surface area contributed by atoms with Gasteiger partial charge in [0.25, 0.3) is 11.1 Å². The summed E-state index contributed by atoms with van der Waals surface area (Å²) in [6.45, 7) is 1.79. The number of nitrogens with zero attached hydrogens (tertiary/aromatic N) is 1. The SMILES string of the molecule is COc1cccc(/C(C)=C2\SC(=O)N(c3ccc(F)cc3)C2=O)c1. The fourth-order valence-corrected chi connectivity index (χ4v) is 3.30. The lowest BCUT2D eigenvalue weighted by Gasteiger charge is -2.12. The van der Waals surface area contributed by atoms with E-state index in [4.69, 9.17) is 4.74 Å². The quantitative estimate of drug-likeness (QED) is 0.772. The molecule has 6 heteroatoms. The first kappa shape index (κ1) is 16.3. The number of ether oxygens (including phenoxy) is 1. The predicted molar refractivity (Wildman–Crippen MR) is 92.5 cm³/mol. The summed E-state index contributed by atoms with van der Waals surface area (Å²) in [6, 6.07) is 12.5. The summed E-state index contributed by atoms with van der Waals surface area (Å²) in [5.41, 5.74) is 1.85. The van der Waals surface area contributed by atoms with Gasteiger partial charge in [0.1, 0.15) is 11.6 Å². The Morgan fingerprint density at radius 3 is 2.50 bits per heavy atom. The number of carbonyl (C=O) groups excluding carboxylic acids is 2. The molecule has 0 bridgehead atoms. The predicted octanol–water partition coefficient (Wildman–Crippen LogP) is 4.47. The van der Waals surface area contributed by atoms with E-state index in [-0.39, 0.29) is 0 Å². The summed E-state index contributed by atoms with van der Waals surface area (Å²) in [6.07, 6.45) is 0. The molecule has 122 valence electrons. The van der Waals surface area contributed by atoms with Gasteiger partial charge in [-0.3, -0.25) is 9.59 Å². The van der Waals surface area contributed by atoms with Crippen LogP contribution in [-0.2, 0) is 4.79 Å². The van der Waals surface area contributed by atoms with E-state index in [1.165, 1.54) is 24.3 Å². The fraction of sp³-hybridized carbons (Fsp3) is 0.111. The normalized spacial score (nSPS) is 16.5. The van der Waals surface area contributed by atoms with Crippen LogP contribution in [0.4, 0.5) is 14.9 Å². The van der Waals surface area contributed by atoms with E-state index >= 15 is 0 Å². The van der Waals surface area contributed by atoms with Crippen molar-refractivity contribution in [3.63, 3.8) is 0 Å². The third-order valence-corrected chi connectivity index (χ3v) is 4.74. The maximum absolute atomic E-state index is 13.1. The number of hydrogen-bond acceptors (Lipinski definition) is 4. The molecule has 1 heterocycles. The van der Waals surface area contributed by atoms with Crippen LogP contribution in [-0.4, -0.2) is 18.3 Å². The van der Waals surface area contributed by atoms with Crippen molar-refractivity contribution in [3.8, 4) is 5.75 Å². The number of allylic oxidation sites excluding steroid dienone is 1. The lowest BCUT2D eigenvalue weighted by atomic mass is 10.1. The maximum atomic E-state index is 13.1. The summed E-state index contributed by atoms with van der Waals surface area (Å²) in [5, 5.41) is -0.399. The lowest BCUT2D eigenvalue weighted by Crippen LogP contribution is -2.27. The average molecular weight is 343 g/mol. The van der Waals surface area contributed by atoms with Crippen molar-refractivity contribution in [1.82, 2.24) is 0 Å². The molecule has 0 saturated carbocycles. The van der Waals surface area contributed by atoms with Crippen LogP contribution in [0.1, 0.15) is 12.5 Å². The van der Waals surface area contributed by atoms with Gasteiger partial charge in [0.2, 0.25) is 0 Å². The molecule has 0 spiro atoms. The molecule has 24 heavy (non-hydrogen) atoms. The van der Waals surface area contributed by atoms with Crippen molar-refractivity contribution in [2.24, 2.45) is 0 Å². The first-order valence-corrected chi connectivity index (χ1v) is 8.00. The molecule has 0 N–H and O–H groups in total. The highest BCUT2D eigenvalue weighted by molar-refractivity contribution is 8.19. The average Bonchev–Trinajstić information content (AvgIpc) is 2.90. The number of hydrogen-bond donors (Lipinski definition) is 0. The van der Waals surface area contributed by atoms with Crippen LogP contribution in [0.2, 0.25) is 0 Å². The van der Waals surface area contributed by atoms with Gasteiger partial charge in [-0.2, -0.15) is 0 Å². The molecular formula is C18H14FNO3S. The Hall–Kier alpha value is -2.60. The molecule has 1 aliphatic rings. The van der Waals surface area contributed by atoms with Gasteiger partial charge in [0.15, 0.2) is 0 Å². The van der Waals surface area contributed by atoms with E-state index in [0.717, 1.165) is 22.2 Å². The van der Waals surface area contributed by atoms with Gasteiger partial charge in [-0.15, -0.1) is 0 Å². The molecule has 2 aromatic rings. The molecule has 4 nitrogen and oxygen atoms in total. The molecule has 1 fully saturated rings. The Labute approximate surface area is 142 Å². The van der Waals surface area contributed by atoms with Gasteiger partial charge < -0.3 is 4.74 Å². The lowest BCUT2D eigenvalue weighted by molar-refractivity contribution is -0.113. The Kier molecular flexibility index (Phi) is 4.40. The van der Waals surface area contributed by atoms with Crippen molar-refractivity contribution in [3.05, 3.63) is 64.8 Å². The van der Waals surface area contributed by atoms with E-state index in [2.05, 4.69) is 0 Å². The van der Waals surface area contributed by atoms with Crippen LogP contribution in [0.5, 0.6) is 5.75 Å². The fourth-order valence-electron chi connectivity index (χ4n) is 2.40. The number of amides is 2. The Morgan fingerprint density at radius 2 is 1.83 bits per heavy atom. The molecule has 0 unspecified atom stereocenters. The minimum Gasteiger partial charge on any atom is -0.497 e. The molecule has 0 aromatic heterocycles. The zero-order valence-corrected chi connectivity index (χ0v) is 13.9. The smallest absolute Gasteiger partial charge is 0.298 e. The topological polar surface area (TPSA) is 46.6 Å². The summed E-state index contributed by atoms with van der Waals surface area (Å²) >= 11 is 0.880. The van der Waals surface area contributed by atoms with E-state index in [0.29, 0.717) is 21.9 Å². The van der Waals surface area contributed by atoms with E-state index in [1.54, 1.807) is 26.2 Å². The van der Waals surface area contributed by atoms with Crippen LogP contribution in [0, 0.1) is 5.82 Å². The minimum absolute atomic E-state index is 0.354. The molecular weight excluding hydrogens is 329 g/mol. The van der Waals surface area contributed by atoms with Crippen LogP contribution in [0.15, 0.2) is 53.4 Å². The number of methoxy groups -OCH3 is 1. The molecule has 2 aromatic carbocycles. The number of carbonyl (C=O) groups is 2.